The smallest absolute Gasteiger partial charge is 0.326 e. The summed E-state index contributed by atoms with van der Waals surface area (Å²) in [5.74, 6) is -15.4. The molecular formula is C45H75N17O16S. The number of aliphatic hydroxyl groups is 1. The number of hydrogen-bond acceptors (Lipinski definition) is 18. The van der Waals surface area contributed by atoms with Crippen LogP contribution in [0.4, 0.5) is 0 Å². The van der Waals surface area contributed by atoms with Gasteiger partial charge in [-0.2, -0.15) is 12.6 Å². The molecule has 1 aromatic heterocycles. The molecule has 0 aromatic carbocycles. The Hall–Kier alpha value is -8.14. The highest BCUT2D eigenvalue weighted by Crippen LogP contribution is 2.11. The van der Waals surface area contributed by atoms with Crippen molar-refractivity contribution in [3.63, 3.8) is 0 Å². The van der Waals surface area contributed by atoms with Crippen molar-refractivity contribution in [2.45, 2.75) is 140 Å². The van der Waals surface area contributed by atoms with E-state index < -0.39 is 164 Å². The molecule has 0 saturated carbocycles. The molecule has 442 valence electrons. The topological polar surface area (TPSA) is 562 Å². The van der Waals surface area contributed by atoms with Crippen LogP contribution < -0.4 is 76.5 Å². The highest BCUT2D eigenvalue weighted by molar-refractivity contribution is 7.80. The fourth-order valence-corrected chi connectivity index (χ4v) is 7.34. The van der Waals surface area contributed by atoms with Gasteiger partial charge < -0.3 is 96.8 Å². The predicted octanol–water partition coefficient (Wildman–Crippen LogP) is -7.96. The molecular weight excluding hydrogens is 1070 g/mol. The average molecular weight is 1140 g/mol. The lowest BCUT2D eigenvalue weighted by atomic mass is 10.00. The van der Waals surface area contributed by atoms with E-state index in [0.29, 0.717) is 5.69 Å². The fraction of sp³-hybridized carbons (Fsp3) is 0.622. The second-order valence-corrected chi connectivity index (χ2v) is 19.2. The van der Waals surface area contributed by atoms with Crippen molar-refractivity contribution in [2.75, 3.05) is 25.4 Å². The second kappa shape index (κ2) is 35.3. The van der Waals surface area contributed by atoms with E-state index in [1.165, 1.54) is 12.5 Å². The molecule has 0 spiro atoms. The lowest BCUT2D eigenvalue weighted by molar-refractivity contribution is -0.142. The standard InChI is InChI=1S/C45H75N17O16S/c1-20(2)10-26(59-41(74)28(14-35(67)68)55-34(66)16-53-37(70)25(7-8-32(47)64)56-36(69)23(46)13-33(48)65)39(72)57-24(6-5-9-52-45(49)50)38(71)58-27(11-21(3)4)40(73)62-31(18-79)43(76)61-30(17-63)42(75)60-29(44(77)78)12-22-15-51-19-54-22/h15,19-21,23-31,63,79H,5-14,16-18,46H2,1-4H3,(H2,47,64)(H2,48,65)(H,51,54)(H,53,70)(H,55,66)(H,56,69)(H,57,72)(H,58,71)(H,59,74)(H,60,75)(H,61,76)(H,62,73)(H,67,68)(H,77,78)(H4,49,50,52)/t23-,24-,25-,26-,27-,28-,29-,30-,31-/m0/s1. The van der Waals surface area contributed by atoms with Gasteiger partial charge in [0.15, 0.2) is 5.96 Å². The molecule has 33 nitrogen and oxygen atoms in total. The lowest BCUT2D eigenvalue weighted by Crippen LogP contribution is -2.61. The summed E-state index contributed by atoms with van der Waals surface area (Å²) in [6.07, 6.45) is -0.319. The van der Waals surface area contributed by atoms with E-state index in [-0.39, 0.29) is 68.6 Å². The van der Waals surface area contributed by atoms with Gasteiger partial charge in [0.05, 0.1) is 38.4 Å². The molecule has 0 bridgehead atoms. The Kier molecular flexibility index (Phi) is 30.8. The number of nitrogens with two attached hydrogens (primary N) is 5. The minimum Gasteiger partial charge on any atom is -0.481 e. The van der Waals surface area contributed by atoms with Crippen molar-refractivity contribution in [3.8, 4) is 0 Å². The van der Waals surface area contributed by atoms with Gasteiger partial charge in [-0.15, -0.1) is 0 Å². The van der Waals surface area contributed by atoms with Gasteiger partial charge in [0.1, 0.15) is 48.3 Å². The number of aliphatic carboxylic acids is 2. The zero-order chi connectivity index (χ0) is 60.1. The third-order valence-electron chi connectivity index (χ3n) is 11.0. The first-order valence-electron chi connectivity index (χ1n) is 24.7. The number of carboxylic acids is 2. The monoisotopic (exact) mass is 1140 g/mol. The quantitative estimate of drug-likeness (QED) is 0.0127. The number of thiol groups is 1. The zero-order valence-corrected chi connectivity index (χ0v) is 45.0. The van der Waals surface area contributed by atoms with Crippen LogP contribution in [0.5, 0.6) is 0 Å². The minimum absolute atomic E-state index is 0.0400. The van der Waals surface area contributed by atoms with E-state index in [4.69, 9.17) is 28.7 Å². The number of imidazole rings is 1. The number of carbonyl (C=O) groups excluding carboxylic acids is 11. The van der Waals surface area contributed by atoms with Crippen LogP contribution in [-0.2, 0) is 68.7 Å². The molecule has 0 aliphatic carbocycles. The van der Waals surface area contributed by atoms with Gasteiger partial charge in [0.25, 0.3) is 0 Å². The molecule has 0 aliphatic heterocycles. The van der Waals surface area contributed by atoms with Crippen LogP contribution in [-0.4, -0.2) is 188 Å². The first kappa shape index (κ1) is 68.9. The highest BCUT2D eigenvalue weighted by Gasteiger charge is 2.35. The number of H-pyrrole nitrogens is 1. The highest BCUT2D eigenvalue weighted by atomic mass is 32.1. The molecule has 9 atom stereocenters. The SMILES string of the molecule is CC(C)C[C@H](NC(=O)[C@H](CC(=O)O)NC(=O)CNC(=O)[C@H](CCC(N)=O)NC(=O)[C@@H](N)CC(N)=O)C(=O)N[C@@H](CCCN=C(N)N)C(=O)N[C@@H](CC(C)C)C(=O)N[C@@H](CS)C(=O)N[C@@H](CO)C(=O)N[C@@H](Cc1cnc[nH]1)C(=O)O. The van der Waals surface area contributed by atoms with Crippen molar-refractivity contribution < 1.29 is 77.6 Å². The number of nitrogens with one attached hydrogen (secondary N) is 10. The van der Waals surface area contributed by atoms with Gasteiger partial charge >= 0.3 is 11.9 Å². The summed E-state index contributed by atoms with van der Waals surface area (Å²) in [4.78, 5) is 178. The van der Waals surface area contributed by atoms with Gasteiger partial charge in [-0.1, -0.05) is 27.7 Å². The summed E-state index contributed by atoms with van der Waals surface area (Å²) >= 11 is 4.15. The maximum absolute atomic E-state index is 14.1. The number of aliphatic imine (C=N–C) groups is 1. The van der Waals surface area contributed by atoms with Crippen LogP contribution >= 0.6 is 12.6 Å². The first-order valence-corrected chi connectivity index (χ1v) is 25.3. The van der Waals surface area contributed by atoms with Crippen LogP contribution in [0.2, 0.25) is 0 Å². The Morgan fingerprint density at radius 2 is 1.09 bits per heavy atom. The molecule has 0 aliphatic rings. The molecule has 0 fully saturated rings. The molecule has 1 heterocycles. The number of aliphatic hydroxyl groups excluding tert-OH is 1. The van der Waals surface area contributed by atoms with E-state index in [0.717, 1.165) is 0 Å². The molecule has 1 aromatic rings. The van der Waals surface area contributed by atoms with Crippen molar-refractivity contribution in [1.29, 1.82) is 0 Å². The maximum Gasteiger partial charge on any atom is 0.326 e. The number of carbonyl (C=O) groups is 13. The summed E-state index contributed by atoms with van der Waals surface area (Å²) < 4.78 is 0. The van der Waals surface area contributed by atoms with Crippen molar-refractivity contribution in [1.82, 2.24) is 57.8 Å². The van der Waals surface area contributed by atoms with Gasteiger partial charge in [-0.25, -0.2) is 9.78 Å². The van der Waals surface area contributed by atoms with Crippen LogP contribution in [0.1, 0.15) is 84.8 Å². The summed E-state index contributed by atoms with van der Waals surface area (Å²) in [7, 11) is 0. The van der Waals surface area contributed by atoms with Gasteiger partial charge in [-0.05, 0) is 43.9 Å². The summed E-state index contributed by atoms with van der Waals surface area (Å²) in [5.41, 5.74) is 27.2. The second-order valence-electron chi connectivity index (χ2n) is 18.8. The molecule has 34 heteroatoms. The number of nitrogens with zero attached hydrogens (tertiary/aromatic N) is 2. The molecule has 79 heavy (non-hydrogen) atoms. The van der Waals surface area contributed by atoms with E-state index in [1.54, 1.807) is 27.7 Å². The normalized spacial score (nSPS) is 14.4. The fourth-order valence-electron chi connectivity index (χ4n) is 7.08. The Morgan fingerprint density at radius 3 is 1.57 bits per heavy atom. The van der Waals surface area contributed by atoms with Crippen LogP contribution in [0.3, 0.4) is 0 Å². The number of guanidine groups is 1. The lowest BCUT2D eigenvalue weighted by Gasteiger charge is -2.28. The Morgan fingerprint density at radius 1 is 0.608 bits per heavy atom. The average Bonchev–Trinajstić information content (AvgIpc) is 3.87. The molecule has 0 saturated heterocycles. The number of aromatic nitrogens is 2. The zero-order valence-electron chi connectivity index (χ0n) is 44.1. The van der Waals surface area contributed by atoms with Crippen molar-refractivity contribution in [2.24, 2.45) is 45.5 Å². The van der Waals surface area contributed by atoms with E-state index in [2.05, 4.69) is 75.4 Å². The van der Waals surface area contributed by atoms with Crippen LogP contribution in [0.15, 0.2) is 17.5 Å². The van der Waals surface area contributed by atoms with Crippen LogP contribution in [0, 0.1) is 11.8 Å². The van der Waals surface area contributed by atoms with Crippen molar-refractivity contribution in [3.05, 3.63) is 18.2 Å². The van der Waals surface area contributed by atoms with E-state index >= 15 is 0 Å². The van der Waals surface area contributed by atoms with Crippen LogP contribution in [0.25, 0.3) is 0 Å². The van der Waals surface area contributed by atoms with Gasteiger partial charge in [0, 0.05) is 37.0 Å². The summed E-state index contributed by atoms with van der Waals surface area (Å²) in [6, 6.07) is -14.0. The minimum atomic E-state index is -1.88. The molecule has 1 rings (SSSR count). The first-order chi connectivity index (χ1) is 37.0. The van der Waals surface area contributed by atoms with Gasteiger partial charge in [0.2, 0.25) is 65.0 Å². The number of amides is 11. The third kappa shape index (κ3) is 27.7. The third-order valence-corrected chi connectivity index (χ3v) is 11.4. The maximum atomic E-state index is 14.1. The summed E-state index contributed by atoms with van der Waals surface area (Å²) in [6.45, 7) is 4.81. The Labute approximate surface area is 458 Å². The number of hydrogen-bond donors (Lipinski definition) is 19. The van der Waals surface area contributed by atoms with E-state index in [1.807, 2.05) is 0 Å². The summed E-state index contributed by atoms with van der Waals surface area (Å²) in [5, 5.41) is 50.2. The molecule has 0 unspecified atom stereocenters. The predicted molar refractivity (Wildman–Crippen MR) is 281 cm³/mol. The largest absolute Gasteiger partial charge is 0.481 e. The number of aromatic amines is 1. The molecule has 0 radical (unpaired) electrons. The number of primary amides is 2. The van der Waals surface area contributed by atoms with E-state index in [9.17, 15) is 77.6 Å². The molecule has 11 amide bonds. The number of rotatable bonds is 38. The van der Waals surface area contributed by atoms with Crippen molar-refractivity contribution >= 4 is 95.5 Å². The van der Waals surface area contributed by atoms with Gasteiger partial charge in [-0.3, -0.25) is 62.5 Å². The Bertz CT molecular complexity index is 2320. The number of carboxylic acid groups (broad SMARTS) is 2. The Balaban J connectivity index is 3.35. The molecule has 23 N–H and O–H groups in total.